The average molecular weight is 296 g/mol. The molecule has 0 bridgehead atoms. The van der Waals surface area contributed by atoms with E-state index >= 15 is 0 Å². The van der Waals surface area contributed by atoms with Crippen LogP contribution >= 0.6 is 0 Å². The van der Waals surface area contributed by atoms with Crippen LogP contribution in [0.5, 0.6) is 0 Å². The van der Waals surface area contributed by atoms with Gasteiger partial charge in [0.1, 0.15) is 17.2 Å². The maximum absolute atomic E-state index is 14.1. The Morgan fingerprint density at radius 3 is 2.62 bits per heavy atom. The van der Waals surface area contributed by atoms with E-state index in [4.69, 9.17) is 0 Å². The van der Waals surface area contributed by atoms with Gasteiger partial charge in [-0.2, -0.15) is 0 Å². The fraction of sp³-hybridized carbons (Fsp3) is 0.562. The molecule has 1 N–H and O–H groups in total. The molecule has 1 aliphatic rings. The number of hydrogen-bond acceptors (Lipinski definition) is 2. The molecule has 1 saturated heterocycles. The molecule has 2 rings (SSSR count). The molecule has 0 spiro atoms. The highest BCUT2D eigenvalue weighted by molar-refractivity contribution is 5.95. The molecule has 1 aromatic carbocycles. The maximum atomic E-state index is 14.1. The van der Waals surface area contributed by atoms with Crippen molar-refractivity contribution in [2.45, 2.75) is 26.7 Å². The van der Waals surface area contributed by atoms with E-state index in [1.54, 1.807) is 4.90 Å². The average Bonchev–Trinajstić information content (AvgIpc) is 2.50. The molecule has 1 aliphatic heterocycles. The van der Waals surface area contributed by atoms with Gasteiger partial charge in [0, 0.05) is 13.1 Å². The third-order valence-corrected chi connectivity index (χ3v) is 4.10. The Kier molecular flexibility index (Phi) is 5.28. The molecule has 21 heavy (non-hydrogen) atoms. The first-order valence-electron chi connectivity index (χ1n) is 7.49. The van der Waals surface area contributed by atoms with Crippen LogP contribution in [0.2, 0.25) is 0 Å². The number of halogens is 2. The molecule has 0 radical (unpaired) electrons. The third kappa shape index (κ3) is 3.59. The predicted octanol–water partition coefficient (Wildman–Crippen LogP) is 2.73. The molecule has 1 heterocycles. The lowest BCUT2D eigenvalue weighted by molar-refractivity contribution is 0.0716. The van der Waals surface area contributed by atoms with Gasteiger partial charge in [-0.3, -0.25) is 4.79 Å². The van der Waals surface area contributed by atoms with Crippen molar-refractivity contribution in [2.75, 3.05) is 26.2 Å². The number of carbonyl (C=O) groups excluding carboxylic acids is 1. The van der Waals surface area contributed by atoms with Gasteiger partial charge in [0.15, 0.2) is 0 Å². The molecular weight excluding hydrogens is 274 g/mol. The standard InChI is InChI=1S/C16H22F2N2O/c1-3-20(10-12-6-8-19-9-7-12)16(21)14-13(17)5-4-11(2)15(14)18/h4-5,12,19H,3,6-10H2,1-2H3. The van der Waals surface area contributed by atoms with Crippen LogP contribution in [0.15, 0.2) is 12.1 Å². The molecule has 0 aliphatic carbocycles. The fourth-order valence-electron chi connectivity index (χ4n) is 2.74. The fourth-order valence-corrected chi connectivity index (χ4v) is 2.74. The Labute approximate surface area is 124 Å². The Morgan fingerprint density at radius 2 is 2.00 bits per heavy atom. The van der Waals surface area contributed by atoms with Crippen molar-refractivity contribution < 1.29 is 13.6 Å². The number of nitrogens with zero attached hydrogens (tertiary/aromatic N) is 1. The Bertz CT molecular complexity index is 513. The number of carbonyl (C=O) groups is 1. The van der Waals surface area contributed by atoms with Gasteiger partial charge in [-0.1, -0.05) is 6.07 Å². The van der Waals surface area contributed by atoms with Gasteiger partial charge in [-0.25, -0.2) is 8.78 Å². The summed E-state index contributed by atoms with van der Waals surface area (Å²) < 4.78 is 27.9. The monoisotopic (exact) mass is 296 g/mol. The minimum atomic E-state index is -0.785. The van der Waals surface area contributed by atoms with Gasteiger partial charge in [-0.05, 0) is 57.3 Å². The van der Waals surface area contributed by atoms with Crippen LogP contribution < -0.4 is 5.32 Å². The summed E-state index contributed by atoms with van der Waals surface area (Å²) in [6, 6.07) is 2.51. The molecule has 0 unspecified atom stereocenters. The number of nitrogens with one attached hydrogen (secondary N) is 1. The summed E-state index contributed by atoms with van der Waals surface area (Å²) in [5.41, 5.74) is -0.136. The number of aryl methyl sites for hydroxylation is 1. The van der Waals surface area contributed by atoms with Crippen molar-refractivity contribution in [3.8, 4) is 0 Å². The van der Waals surface area contributed by atoms with E-state index in [1.807, 2.05) is 6.92 Å². The number of piperidine rings is 1. The van der Waals surface area contributed by atoms with Gasteiger partial charge in [0.05, 0.1) is 0 Å². The van der Waals surface area contributed by atoms with Crippen molar-refractivity contribution >= 4 is 5.91 Å². The Hall–Kier alpha value is -1.49. The molecule has 0 aromatic heterocycles. The third-order valence-electron chi connectivity index (χ3n) is 4.10. The normalized spacial score (nSPS) is 16.0. The summed E-state index contributed by atoms with van der Waals surface area (Å²) in [6.07, 6.45) is 1.98. The zero-order chi connectivity index (χ0) is 15.4. The zero-order valence-corrected chi connectivity index (χ0v) is 12.6. The van der Waals surface area contributed by atoms with Crippen LogP contribution in [-0.4, -0.2) is 37.0 Å². The lowest BCUT2D eigenvalue weighted by Gasteiger charge is -2.29. The van der Waals surface area contributed by atoms with Crippen molar-refractivity contribution in [2.24, 2.45) is 5.92 Å². The minimum Gasteiger partial charge on any atom is -0.338 e. The lowest BCUT2D eigenvalue weighted by atomic mass is 9.97. The van der Waals surface area contributed by atoms with Gasteiger partial charge in [-0.15, -0.1) is 0 Å². The first-order valence-corrected chi connectivity index (χ1v) is 7.49. The molecule has 0 atom stereocenters. The van der Waals surface area contributed by atoms with Crippen LogP contribution in [-0.2, 0) is 0 Å². The van der Waals surface area contributed by atoms with Crippen LogP contribution in [0.3, 0.4) is 0 Å². The van der Waals surface area contributed by atoms with Gasteiger partial charge >= 0.3 is 0 Å². The summed E-state index contributed by atoms with van der Waals surface area (Å²) in [7, 11) is 0. The first-order chi connectivity index (χ1) is 10.0. The highest BCUT2D eigenvalue weighted by atomic mass is 19.1. The highest BCUT2D eigenvalue weighted by Gasteiger charge is 2.26. The quantitative estimate of drug-likeness (QED) is 0.926. The van der Waals surface area contributed by atoms with E-state index in [2.05, 4.69) is 5.32 Å². The van der Waals surface area contributed by atoms with E-state index < -0.39 is 23.1 Å². The predicted molar refractivity (Wildman–Crippen MR) is 78.3 cm³/mol. The second-order valence-electron chi connectivity index (χ2n) is 5.59. The molecule has 1 fully saturated rings. The summed E-state index contributed by atoms with van der Waals surface area (Å²) in [5.74, 6) is -1.68. The minimum absolute atomic E-state index is 0.290. The van der Waals surface area contributed by atoms with Gasteiger partial charge < -0.3 is 10.2 Å². The zero-order valence-electron chi connectivity index (χ0n) is 12.6. The number of benzene rings is 1. The van der Waals surface area contributed by atoms with Crippen LogP contribution in [0.25, 0.3) is 0 Å². The molecule has 5 heteroatoms. The van der Waals surface area contributed by atoms with E-state index in [-0.39, 0.29) is 5.56 Å². The van der Waals surface area contributed by atoms with Gasteiger partial charge in [0.25, 0.3) is 5.91 Å². The first kappa shape index (κ1) is 15.9. The van der Waals surface area contributed by atoms with Crippen molar-refractivity contribution in [3.05, 3.63) is 34.9 Å². The second kappa shape index (κ2) is 6.98. The Morgan fingerprint density at radius 1 is 1.33 bits per heavy atom. The van der Waals surface area contributed by atoms with Crippen molar-refractivity contribution in [1.82, 2.24) is 10.2 Å². The van der Waals surface area contributed by atoms with Gasteiger partial charge in [0.2, 0.25) is 0 Å². The van der Waals surface area contributed by atoms with E-state index in [9.17, 15) is 13.6 Å². The summed E-state index contributed by atoms with van der Waals surface area (Å²) in [6.45, 7) is 6.26. The lowest BCUT2D eigenvalue weighted by Crippen LogP contribution is -2.40. The van der Waals surface area contributed by atoms with Crippen LogP contribution in [0, 0.1) is 24.5 Å². The van der Waals surface area contributed by atoms with Crippen molar-refractivity contribution in [1.29, 1.82) is 0 Å². The Balaban J connectivity index is 2.18. The van der Waals surface area contributed by atoms with Crippen LogP contribution in [0.1, 0.15) is 35.7 Å². The molecule has 0 saturated carbocycles. The summed E-state index contributed by atoms with van der Waals surface area (Å²) in [5, 5.41) is 3.27. The maximum Gasteiger partial charge on any atom is 0.259 e. The topological polar surface area (TPSA) is 32.3 Å². The SMILES string of the molecule is CCN(CC1CCNCC1)C(=O)c1c(F)ccc(C)c1F. The smallest absolute Gasteiger partial charge is 0.259 e. The number of hydrogen-bond donors (Lipinski definition) is 1. The van der Waals surface area contributed by atoms with Crippen LogP contribution in [0.4, 0.5) is 8.78 Å². The molecule has 3 nitrogen and oxygen atoms in total. The number of amides is 1. The van der Waals surface area contributed by atoms with E-state index in [0.29, 0.717) is 19.0 Å². The van der Waals surface area contributed by atoms with E-state index in [1.165, 1.54) is 13.0 Å². The highest BCUT2D eigenvalue weighted by Crippen LogP contribution is 2.20. The summed E-state index contributed by atoms with van der Waals surface area (Å²) in [4.78, 5) is 14.0. The molecule has 1 amide bonds. The molecular formula is C16H22F2N2O. The van der Waals surface area contributed by atoms with E-state index in [0.717, 1.165) is 32.0 Å². The summed E-state index contributed by atoms with van der Waals surface area (Å²) >= 11 is 0. The molecule has 116 valence electrons. The largest absolute Gasteiger partial charge is 0.338 e. The number of rotatable bonds is 4. The molecule has 1 aromatic rings. The second-order valence-corrected chi connectivity index (χ2v) is 5.59. The van der Waals surface area contributed by atoms with Crippen molar-refractivity contribution in [3.63, 3.8) is 0 Å².